The SMILES string of the molecule is CCN(CCCCOc1ccccc1C(C)N(c1cc(F)ccc1F)S(=O)(=O)c1ccc(Cl)cc1)C(=O)Cc1cccs1. The van der Waals surface area contributed by atoms with E-state index in [-0.39, 0.29) is 10.8 Å². The van der Waals surface area contributed by atoms with E-state index in [1.165, 1.54) is 24.3 Å². The normalized spacial score (nSPS) is 12.1. The molecule has 3 aromatic carbocycles. The van der Waals surface area contributed by atoms with E-state index in [0.29, 0.717) is 55.3 Å². The van der Waals surface area contributed by atoms with Gasteiger partial charge in [0, 0.05) is 34.6 Å². The second-order valence-corrected chi connectivity index (χ2v) is 13.1. The van der Waals surface area contributed by atoms with Crippen molar-refractivity contribution in [3.05, 3.63) is 111 Å². The number of carbonyl (C=O) groups excluding carboxylic acids is 1. The maximum Gasteiger partial charge on any atom is 0.264 e. The summed E-state index contributed by atoms with van der Waals surface area (Å²) in [7, 11) is -4.37. The summed E-state index contributed by atoms with van der Waals surface area (Å²) in [5.74, 6) is -1.17. The van der Waals surface area contributed by atoms with Crippen molar-refractivity contribution in [1.82, 2.24) is 4.90 Å². The van der Waals surface area contributed by atoms with Crippen molar-refractivity contribution in [2.45, 2.75) is 44.0 Å². The van der Waals surface area contributed by atoms with E-state index < -0.39 is 33.4 Å². The lowest BCUT2D eigenvalue weighted by Gasteiger charge is -2.32. The molecule has 1 atom stereocenters. The number of para-hydroxylation sites is 1. The molecule has 228 valence electrons. The smallest absolute Gasteiger partial charge is 0.264 e. The van der Waals surface area contributed by atoms with Gasteiger partial charge in [0.25, 0.3) is 10.0 Å². The number of benzene rings is 3. The molecule has 4 rings (SSSR count). The summed E-state index contributed by atoms with van der Waals surface area (Å²) in [6.45, 7) is 5.07. The Balaban J connectivity index is 1.51. The van der Waals surface area contributed by atoms with Crippen LogP contribution in [0.4, 0.5) is 14.5 Å². The van der Waals surface area contributed by atoms with Crippen molar-refractivity contribution >= 4 is 44.6 Å². The second kappa shape index (κ2) is 14.8. The van der Waals surface area contributed by atoms with Gasteiger partial charge in [-0.3, -0.25) is 9.10 Å². The average molecular weight is 647 g/mol. The second-order valence-electron chi connectivity index (χ2n) is 9.85. The van der Waals surface area contributed by atoms with Crippen LogP contribution in [-0.4, -0.2) is 38.9 Å². The number of hydrogen-bond donors (Lipinski definition) is 0. The van der Waals surface area contributed by atoms with Crippen LogP contribution in [0.1, 0.15) is 43.2 Å². The first-order valence-electron chi connectivity index (χ1n) is 13.9. The van der Waals surface area contributed by atoms with E-state index in [4.69, 9.17) is 16.3 Å². The standard InChI is InChI=1S/C32H33ClF2N2O4S2/c1-3-36(32(38)22-26-9-8-20-42-26)18-6-7-19-41-31-11-5-4-10-28(31)23(2)37(30-21-25(34)14-17-29(30)35)43(39,40)27-15-12-24(33)13-16-27/h4-5,8-17,20-21,23H,3,6-7,18-19,22H2,1-2H3. The van der Waals surface area contributed by atoms with E-state index in [0.717, 1.165) is 27.4 Å². The summed E-state index contributed by atoms with van der Waals surface area (Å²) in [6, 6.07) is 18.0. The van der Waals surface area contributed by atoms with E-state index in [9.17, 15) is 17.6 Å². The number of likely N-dealkylation sites (N-methyl/N-ethyl adjacent to an activating group) is 1. The maximum absolute atomic E-state index is 15.1. The molecule has 1 unspecified atom stereocenters. The molecule has 0 saturated carbocycles. The summed E-state index contributed by atoms with van der Waals surface area (Å²) in [5.41, 5.74) is 0.0501. The zero-order valence-electron chi connectivity index (χ0n) is 23.9. The predicted octanol–water partition coefficient (Wildman–Crippen LogP) is 7.89. The number of rotatable bonds is 14. The Bertz CT molecular complexity index is 1620. The van der Waals surface area contributed by atoms with Crippen LogP contribution in [0, 0.1) is 11.6 Å². The minimum Gasteiger partial charge on any atom is -0.493 e. The monoisotopic (exact) mass is 646 g/mol. The van der Waals surface area contributed by atoms with Crippen LogP contribution in [-0.2, 0) is 21.2 Å². The molecule has 11 heteroatoms. The molecule has 0 aliphatic heterocycles. The van der Waals surface area contributed by atoms with Gasteiger partial charge in [0.1, 0.15) is 17.4 Å². The highest BCUT2D eigenvalue weighted by atomic mass is 35.5. The van der Waals surface area contributed by atoms with Gasteiger partial charge in [-0.15, -0.1) is 11.3 Å². The Morgan fingerprint density at radius 2 is 1.74 bits per heavy atom. The average Bonchev–Trinajstić information content (AvgIpc) is 3.50. The number of thiophene rings is 1. The predicted molar refractivity (Wildman–Crippen MR) is 167 cm³/mol. The Morgan fingerprint density at radius 1 is 1.00 bits per heavy atom. The van der Waals surface area contributed by atoms with E-state index in [1.807, 2.05) is 29.3 Å². The molecule has 1 amide bonds. The molecule has 6 nitrogen and oxygen atoms in total. The van der Waals surface area contributed by atoms with Crippen molar-refractivity contribution < 1.29 is 26.7 Å². The topological polar surface area (TPSA) is 66.9 Å². The molecule has 43 heavy (non-hydrogen) atoms. The van der Waals surface area contributed by atoms with Crippen LogP contribution in [0.2, 0.25) is 5.02 Å². The molecule has 1 aromatic heterocycles. The number of sulfonamides is 1. The first-order valence-corrected chi connectivity index (χ1v) is 16.6. The van der Waals surface area contributed by atoms with Crippen molar-refractivity contribution in [3.8, 4) is 5.75 Å². The maximum atomic E-state index is 15.1. The quantitative estimate of drug-likeness (QED) is 0.131. The van der Waals surface area contributed by atoms with Gasteiger partial charge in [-0.1, -0.05) is 35.9 Å². The zero-order valence-corrected chi connectivity index (χ0v) is 26.3. The molecule has 1 heterocycles. The van der Waals surface area contributed by atoms with Gasteiger partial charge in [0.05, 0.1) is 29.7 Å². The lowest BCUT2D eigenvalue weighted by atomic mass is 10.1. The number of unbranched alkanes of at least 4 members (excludes halogenated alkanes) is 1. The molecular formula is C32H33ClF2N2O4S2. The highest BCUT2D eigenvalue weighted by Gasteiger charge is 2.34. The fraction of sp³-hybridized carbons (Fsp3) is 0.281. The number of carbonyl (C=O) groups is 1. The Morgan fingerprint density at radius 3 is 2.44 bits per heavy atom. The zero-order chi connectivity index (χ0) is 31.0. The van der Waals surface area contributed by atoms with Crippen LogP contribution >= 0.6 is 22.9 Å². The first-order chi connectivity index (χ1) is 20.6. The number of ether oxygens (including phenoxy) is 1. The fourth-order valence-electron chi connectivity index (χ4n) is 4.72. The lowest BCUT2D eigenvalue weighted by Crippen LogP contribution is -2.34. The first kappa shape index (κ1) is 32.4. The van der Waals surface area contributed by atoms with Gasteiger partial charge >= 0.3 is 0 Å². The molecule has 0 spiro atoms. The summed E-state index contributed by atoms with van der Waals surface area (Å²) >= 11 is 7.53. The van der Waals surface area contributed by atoms with Gasteiger partial charge in [-0.05, 0) is 80.6 Å². The van der Waals surface area contributed by atoms with E-state index in [1.54, 1.807) is 42.5 Å². The molecule has 4 aromatic rings. The van der Waals surface area contributed by atoms with Crippen molar-refractivity contribution in [2.75, 3.05) is 24.0 Å². The molecule has 0 N–H and O–H groups in total. The Labute approximate surface area is 260 Å². The van der Waals surface area contributed by atoms with Crippen LogP contribution in [0.25, 0.3) is 0 Å². The summed E-state index contributed by atoms with van der Waals surface area (Å²) in [5, 5.41) is 2.29. The number of nitrogens with zero attached hydrogens (tertiary/aromatic N) is 2. The Hall–Kier alpha value is -3.47. The number of halogens is 3. The molecule has 0 saturated heterocycles. The fourth-order valence-corrected chi connectivity index (χ4v) is 7.18. The Kier molecular flexibility index (Phi) is 11.2. The van der Waals surface area contributed by atoms with Gasteiger partial charge < -0.3 is 9.64 Å². The van der Waals surface area contributed by atoms with Gasteiger partial charge in [-0.2, -0.15) is 0 Å². The molecule has 0 aliphatic rings. The summed E-state index contributed by atoms with van der Waals surface area (Å²) in [6.07, 6.45) is 1.75. The number of hydrogen-bond acceptors (Lipinski definition) is 5. The van der Waals surface area contributed by atoms with Crippen LogP contribution < -0.4 is 9.04 Å². The molecule has 0 bridgehead atoms. The highest BCUT2D eigenvalue weighted by molar-refractivity contribution is 7.92. The van der Waals surface area contributed by atoms with Crippen LogP contribution in [0.5, 0.6) is 5.75 Å². The minimum atomic E-state index is -4.37. The van der Waals surface area contributed by atoms with E-state index in [2.05, 4.69) is 0 Å². The van der Waals surface area contributed by atoms with Crippen molar-refractivity contribution in [2.24, 2.45) is 0 Å². The summed E-state index contributed by atoms with van der Waals surface area (Å²) < 4.78 is 64.2. The number of anilines is 1. The molecular weight excluding hydrogens is 614 g/mol. The largest absolute Gasteiger partial charge is 0.493 e. The molecule has 0 aliphatic carbocycles. The molecule has 0 fully saturated rings. The van der Waals surface area contributed by atoms with Gasteiger partial charge in [0.15, 0.2) is 0 Å². The minimum absolute atomic E-state index is 0.0802. The third-order valence-electron chi connectivity index (χ3n) is 6.96. The summed E-state index contributed by atoms with van der Waals surface area (Å²) in [4.78, 5) is 15.4. The van der Waals surface area contributed by atoms with E-state index >= 15 is 4.39 Å². The van der Waals surface area contributed by atoms with Crippen molar-refractivity contribution in [3.63, 3.8) is 0 Å². The molecule has 0 radical (unpaired) electrons. The highest BCUT2D eigenvalue weighted by Crippen LogP contribution is 2.38. The third kappa shape index (κ3) is 8.13. The lowest BCUT2D eigenvalue weighted by molar-refractivity contribution is -0.130. The third-order valence-corrected chi connectivity index (χ3v) is 9.98. The van der Waals surface area contributed by atoms with Crippen LogP contribution in [0.3, 0.4) is 0 Å². The van der Waals surface area contributed by atoms with Crippen LogP contribution in [0.15, 0.2) is 89.1 Å². The van der Waals surface area contributed by atoms with Crippen molar-refractivity contribution in [1.29, 1.82) is 0 Å². The van der Waals surface area contributed by atoms with Gasteiger partial charge in [0.2, 0.25) is 5.91 Å². The van der Waals surface area contributed by atoms with Gasteiger partial charge in [-0.25, -0.2) is 17.2 Å². The number of amides is 1.